The molecule has 0 unspecified atom stereocenters. The zero-order chi connectivity index (χ0) is 30.8. The average molecular weight is 598 g/mol. The minimum Gasteiger partial charge on any atom is -0.494 e. The van der Waals surface area contributed by atoms with E-state index in [1.165, 1.54) is 7.11 Å². The van der Waals surface area contributed by atoms with Gasteiger partial charge in [0.05, 0.1) is 36.2 Å². The number of aliphatic imine (C=N–C) groups is 1. The van der Waals surface area contributed by atoms with Crippen LogP contribution >= 0.6 is 0 Å². The lowest BCUT2D eigenvalue weighted by Gasteiger charge is -2.32. The number of rotatable bonds is 7. The number of nitrogens with zero attached hydrogens (tertiary/aromatic N) is 4. The molecule has 0 atom stereocenters. The molecule has 2 aliphatic rings. The van der Waals surface area contributed by atoms with Gasteiger partial charge in [-0.15, -0.1) is 0 Å². The van der Waals surface area contributed by atoms with E-state index >= 15 is 0 Å². The first-order valence-corrected chi connectivity index (χ1v) is 14.5. The number of H-pyrrole nitrogens is 1. The highest BCUT2D eigenvalue weighted by molar-refractivity contribution is 6.22. The van der Waals surface area contributed by atoms with Gasteiger partial charge in [-0.05, 0) is 61.6 Å². The third-order valence-corrected chi connectivity index (χ3v) is 8.06. The Morgan fingerprint density at radius 2 is 1.66 bits per heavy atom. The summed E-state index contributed by atoms with van der Waals surface area (Å²) < 4.78 is 16.4. The topological polar surface area (TPSA) is 120 Å². The quantitative estimate of drug-likeness (QED) is 0.244. The molecular formula is C33H35N5O6. The second kappa shape index (κ2) is 12.4. The molecule has 6 rings (SSSR count). The summed E-state index contributed by atoms with van der Waals surface area (Å²) in [7, 11) is 5.20. The first-order valence-electron chi connectivity index (χ1n) is 14.5. The van der Waals surface area contributed by atoms with Crippen LogP contribution in [0.15, 0.2) is 65.7 Å². The third kappa shape index (κ3) is 5.97. The van der Waals surface area contributed by atoms with Crippen molar-refractivity contribution in [1.82, 2.24) is 14.8 Å². The number of hydrogen-bond acceptors (Lipinski definition) is 9. The summed E-state index contributed by atoms with van der Waals surface area (Å²) in [6.45, 7) is 4.92. The molecule has 0 saturated carbocycles. The van der Waals surface area contributed by atoms with E-state index in [0.29, 0.717) is 70.2 Å². The highest BCUT2D eigenvalue weighted by Gasteiger charge is 2.23. The maximum atomic E-state index is 13.0. The van der Waals surface area contributed by atoms with Crippen LogP contribution in [0.2, 0.25) is 0 Å². The molecule has 1 saturated heterocycles. The molecule has 44 heavy (non-hydrogen) atoms. The number of carbonyl (C=O) groups excluding carboxylic acids is 2. The van der Waals surface area contributed by atoms with Crippen LogP contribution in [0.5, 0.6) is 17.4 Å². The van der Waals surface area contributed by atoms with Gasteiger partial charge in [0.2, 0.25) is 5.91 Å². The zero-order valence-corrected chi connectivity index (χ0v) is 25.0. The number of amides is 1. The minimum atomic E-state index is -0.477. The van der Waals surface area contributed by atoms with Gasteiger partial charge in [0.1, 0.15) is 13.2 Å². The molecule has 3 aromatic carbocycles. The summed E-state index contributed by atoms with van der Waals surface area (Å²) in [5.74, 6) is 0.679. The number of ether oxygens (including phenoxy) is 3. The Bertz CT molecular complexity index is 1720. The number of esters is 1. The Kier molecular flexibility index (Phi) is 8.23. The number of anilines is 1. The number of nitrogens with one attached hydrogen (secondary N) is 1. The molecule has 0 spiro atoms. The standard InChI is InChI=1S/C33H35N5O6/c1-36-12-14-38(15-13-36)20-29(39)37(2)24-8-6-23(7-9-24)34-31(21-5-11-27-28(19-21)44-17-16-43-27)30-25-10-4-22(33(41)42-3)18-26(25)35-32(30)40/h4-11,18-19,35,40H,12-17,20H2,1-3H3. The van der Waals surface area contributed by atoms with E-state index in [9.17, 15) is 14.7 Å². The monoisotopic (exact) mass is 597 g/mol. The predicted molar refractivity (Wildman–Crippen MR) is 168 cm³/mol. The summed E-state index contributed by atoms with van der Waals surface area (Å²) in [5.41, 5.74) is 3.95. The summed E-state index contributed by atoms with van der Waals surface area (Å²) in [6, 6.07) is 18.0. The van der Waals surface area contributed by atoms with Gasteiger partial charge in [-0.25, -0.2) is 9.79 Å². The van der Waals surface area contributed by atoms with Gasteiger partial charge in [0, 0.05) is 55.4 Å². The predicted octanol–water partition coefficient (Wildman–Crippen LogP) is 3.81. The van der Waals surface area contributed by atoms with Crippen LogP contribution in [0.4, 0.5) is 11.4 Å². The Hall–Kier alpha value is -4.87. The summed E-state index contributed by atoms with van der Waals surface area (Å²) in [6.07, 6.45) is 0. The van der Waals surface area contributed by atoms with Crippen LogP contribution in [0, 0.1) is 0 Å². The van der Waals surface area contributed by atoms with Crippen LogP contribution in [0.25, 0.3) is 10.9 Å². The molecule has 11 nitrogen and oxygen atoms in total. The molecule has 1 amide bonds. The maximum Gasteiger partial charge on any atom is 0.337 e. The largest absolute Gasteiger partial charge is 0.494 e. The lowest BCUT2D eigenvalue weighted by molar-refractivity contribution is -0.119. The second-order valence-corrected chi connectivity index (χ2v) is 11.0. The van der Waals surface area contributed by atoms with Crippen molar-refractivity contribution in [3.05, 3.63) is 77.4 Å². The van der Waals surface area contributed by atoms with Crippen molar-refractivity contribution in [2.75, 3.05) is 72.0 Å². The molecular weight excluding hydrogens is 562 g/mol. The van der Waals surface area contributed by atoms with Gasteiger partial charge >= 0.3 is 5.97 Å². The third-order valence-electron chi connectivity index (χ3n) is 8.06. The van der Waals surface area contributed by atoms with Gasteiger partial charge < -0.3 is 34.1 Å². The maximum absolute atomic E-state index is 13.0. The summed E-state index contributed by atoms with van der Waals surface area (Å²) in [4.78, 5) is 39.2. The fourth-order valence-corrected chi connectivity index (χ4v) is 5.45. The van der Waals surface area contributed by atoms with Crippen molar-refractivity contribution in [1.29, 1.82) is 0 Å². The Morgan fingerprint density at radius 3 is 2.39 bits per heavy atom. The first kappa shape index (κ1) is 29.2. The molecule has 11 heteroatoms. The fourth-order valence-electron chi connectivity index (χ4n) is 5.45. The van der Waals surface area contributed by atoms with E-state index in [2.05, 4.69) is 21.8 Å². The van der Waals surface area contributed by atoms with Crippen LogP contribution in [0.3, 0.4) is 0 Å². The summed E-state index contributed by atoms with van der Waals surface area (Å²) in [5, 5.41) is 11.8. The molecule has 228 valence electrons. The number of methoxy groups -OCH3 is 1. The summed E-state index contributed by atoms with van der Waals surface area (Å²) >= 11 is 0. The van der Waals surface area contributed by atoms with Gasteiger partial charge in [0.15, 0.2) is 17.4 Å². The van der Waals surface area contributed by atoms with E-state index < -0.39 is 5.97 Å². The smallest absolute Gasteiger partial charge is 0.337 e. The van der Waals surface area contributed by atoms with E-state index in [1.54, 1.807) is 30.1 Å². The molecule has 2 aliphatic heterocycles. The number of likely N-dealkylation sites (N-methyl/N-ethyl adjacent to an activating group) is 2. The van der Waals surface area contributed by atoms with E-state index in [0.717, 1.165) is 31.9 Å². The number of piperazine rings is 1. The second-order valence-electron chi connectivity index (χ2n) is 11.0. The van der Waals surface area contributed by atoms with E-state index in [-0.39, 0.29) is 11.8 Å². The van der Waals surface area contributed by atoms with Gasteiger partial charge in [-0.2, -0.15) is 0 Å². The Morgan fingerprint density at radius 1 is 0.955 bits per heavy atom. The molecule has 0 radical (unpaired) electrons. The van der Waals surface area contributed by atoms with Gasteiger partial charge in [-0.3, -0.25) is 9.69 Å². The number of aromatic amines is 1. The molecule has 2 N–H and O–H groups in total. The van der Waals surface area contributed by atoms with Crippen molar-refractivity contribution >= 4 is 39.9 Å². The van der Waals surface area contributed by atoms with Crippen molar-refractivity contribution in [2.45, 2.75) is 0 Å². The van der Waals surface area contributed by atoms with Gasteiger partial charge in [-0.1, -0.05) is 6.07 Å². The molecule has 0 aliphatic carbocycles. The molecule has 4 aromatic rings. The lowest BCUT2D eigenvalue weighted by atomic mass is 9.99. The molecule has 3 heterocycles. The van der Waals surface area contributed by atoms with E-state index in [4.69, 9.17) is 19.2 Å². The number of fused-ring (bicyclic) bond motifs is 2. The number of hydrogen-bond donors (Lipinski definition) is 2. The van der Waals surface area contributed by atoms with Crippen LogP contribution in [-0.4, -0.2) is 105 Å². The molecule has 0 bridgehead atoms. The van der Waals surface area contributed by atoms with Crippen molar-refractivity contribution in [2.24, 2.45) is 4.99 Å². The molecule has 1 fully saturated rings. The van der Waals surface area contributed by atoms with Crippen molar-refractivity contribution in [3.8, 4) is 17.4 Å². The van der Waals surface area contributed by atoms with Crippen LogP contribution in [-0.2, 0) is 9.53 Å². The van der Waals surface area contributed by atoms with Gasteiger partial charge in [0.25, 0.3) is 0 Å². The molecule has 1 aromatic heterocycles. The SMILES string of the molecule is COC(=O)c1ccc2c(C(=Nc3ccc(N(C)C(=O)CN4CCN(C)CC4)cc3)c3ccc4c(c3)OCCO4)c(O)[nH]c2c1. The Labute approximate surface area is 255 Å². The fraction of sp³-hybridized carbons (Fsp3) is 0.303. The van der Waals surface area contributed by atoms with Crippen LogP contribution < -0.4 is 14.4 Å². The zero-order valence-electron chi connectivity index (χ0n) is 25.0. The van der Waals surface area contributed by atoms with Crippen LogP contribution in [0.1, 0.15) is 21.5 Å². The highest BCUT2D eigenvalue weighted by Crippen LogP contribution is 2.36. The average Bonchev–Trinajstić information content (AvgIpc) is 3.38. The lowest BCUT2D eigenvalue weighted by Crippen LogP contribution is -2.48. The number of aromatic nitrogens is 1. The van der Waals surface area contributed by atoms with E-state index in [1.807, 2.05) is 42.5 Å². The number of aromatic hydroxyl groups is 1. The van der Waals surface area contributed by atoms with Crippen molar-refractivity contribution < 1.29 is 28.9 Å². The van der Waals surface area contributed by atoms with Crippen molar-refractivity contribution in [3.63, 3.8) is 0 Å². The normalized spacial score (nSPS) is 15.8. The number of benzene rings is 3. The minimum absolute atomic E-state index is 0.0258. The first-order chi connectivity index (χ1) is 21.3. The number of carbonyl (C=O) groups is 2. The highest BCUT2D eigenvalue weighted by atomic mass is 16.6. The Balaban J connectivity index is 1.34.